The molecule has 4 rings (SSSR count). The molecule has 0 fully saturated rings. The van der Waals surface area contributed by atoms with Gasteiger partial charge in [0.2, 0.25) is 0 Å². The number of hydrogen-bond acceptors (Lipinski definition) is 5. The summed E-state index contributed by atoms with van der Waals surface area (Å²) in [4.78, 5) is 27.9. The lowest BCUT2D eigenvalue weighted by molar-refractivity contribution is -0.383. The molecular formula is C18H14N4O4. The molecule has 0 saturated carbocycles. The highest BCUT2D eigenvalue weighted by Crippen LogP contribution is 2.40. The molecule has 2 N–H and O–H groups in total. The van der Waals surface area contributed by atoms with Crippen molar-refractivity contribution in [1.29, 1.82) is 0 Å². The van der Waals surface area contributed by atoms with Gasteiger partial charge in [0.1, 0.15) is 0 Å². The minimum absolute atomic E-state index is 0.0678. The maximum Gasteiger partial charge on any atom is 0.357 e. The van der Waals surface area contributed by atoms with Gasteiger partial charge in [0.05, 0.1) is 17.0 Å². The van der Waals surface area contributed by atoms with Crippen LogP contribution in [-0.2, 0) is 4.74 Å². The van der Waals surface area contributed by atoms with Gasteiger partial charge in [-0.1, -0.05) is 30.3 Å². The number of carbonyl (C=O) groups is 1. The van der Waals surface area contributed by atoms with Gasteiger partial charge in [-0.25, -0.2) is 9.78 Å². The van der Waals surface area contributed by atoms with Crippen LogP contribution in [0.4, 0.5) is 5.69 Å². The first-order chi connectivity index (χ1) is 12.6. The number of rotatable bonds is 4. The van der Waals surface area contributed by atoms with Crippen LogP contribution in [0.5, 0.6) is 0 Å². The summed E-state index contributed by atoms with van der Waals surface area (Å²) in [6.07, 6.45) is 1.63. The lowest BCUT2D eigenvalue weighted by atomic mass is 10.00. The highest BCUT2D eigenvalue weighted by Gasteiger charge is 2.28. The molecule has 2 heterocycles. The van der Waals surface area contributed by atoms with Crippen LogP contribution in [0, 0.1) is 10.1 Å². The van der Waals surface area contributed by atoms with Gasteiger partial charge in [-0.15, -0.1) is 0 Å². The zero-order chi connectivity index (χ0) is 18.3. The van der Waals surface area contributed by atoms with Gasteiger partial charge >= 0.3 is 5.97 Å². The van der Waals surface area contributed by atoms with Crippen LogP contribution in [0.3, 0.4) is 0 Å². The summed E-state index contributed by atoms with van der Waals surface area (Å²) in [5, 5.41) is 18.5. The van der Waals surface area contributed by atoms with Gasteiger partial charge in [-0.2, -0.15) is 0 Å². The number of fused-ring (bicyclic) bond motifs is 3. The summed E-state index contributed by atoms with van der Waals surface area (Å²) in [5.41, 5.74) is 1.96. The molecule has 8 nitrogen and oxygen atoms in total. The Morgan fingerprint density at radius 3 is 2.77 bits per heavy atom. The largest absolute Gasteiger partial charge is 0.461 e. The molecule has 0 amide bonds. The number of nitro groups is 1. The van der Waals surface area contributed by atoms with Crippen molar-refractivity contribution in [2.45, 2.75) is 6.92 Å². The lowest BCUT2D eigenvalue weighted by Crippen LogP contribution is -2.06. The number of nitrogens with zero attached hydrogens (tertiary/aromatic N) is 2. The monoisotopic (exact) mass is 350 g/mol. The highest BCUT2D eigenvalue weighted by atomic mass is 16.6. The van der Waals surface area contributed by atoms with Crippen molar-refractivity contribution in [3.63, 3.8) is 0 Å². The number of nitro benzene ring substituents is 1. The van der Waals surface area contributed by atoms with Crippen molar-refractivity contribution in [2.75, 3.05) is 6.61 Å². The average molecular weight is 350 g/mol. The van der Waals surface area contributed by atoms with Crippen molar-refractivity contribution >= 4 is 33.5 Å². The first kappa shape index (κ1) is 15.8. The van der Waals surface area contributed by atoms with E-state index in [1.165, 1.54) is 6.07 Å². The van der Waals surface area contributed by atoms with E-state index in [4.69, 9.17) is 4.74 Å². The summed E-state index contributed by atoms with van der Waals surface area (Å²) < 4.78 is 5.12. The number of esters is 1. The van der Waals surface area contributed by atoms with E-state index in [9.17, 15) is 14.9 Å². The smallest absolute Gasteiger partial charge is 0.357 e. The van der Waals surface area contributed by atoms with E-state index in [0.29, 0.717) is 21.9 Å². The third-order valence-electron chi connectivity index (χ3n) is 4.17. The fourth-order valence-corrected chi connectivity index (χ4v) is 3.13. The SMILES string of the molecule is CCOC(=O)c1nc2c([N+](=O)[O-])cc3c[nH][nH]c3c2c1-c1ccccc1. The first-order valence-corrected chi connectivity index (χ1v) is 8.01. The number of aromatic amines is 2. The Morgan fingerprint density at radius 1 is 1.31 bits per heavy atom. The number of H-pyrrole nitrogens is 2. The second kappa shape index (κ2) is 5.99. The Labute approximate surface area is 146 Å². The highest BCUT2D eigenvalue weighted by molar-refractivity contribution is 6.19. The molecule has 0 aliphatic carbocycles. The number of aromatic nitrogens is 3. The first-order valence-electron chi connectivity index (χ1n) is 8.01. The number of ether oxygens (including phenoxy) is 1. The molecule has 2 aromatic heterocycles. The molecule has 8 heteroatoms. The average Bonchev–Trinajstić information content (AvgIpc) is 3.25. The molecule has 0 radical (unpaired) electrons. The maximum atomic E-state index is 12.5. The van der Waals surface area contributed by atoms with Gasteiger partial charge in [0, 0.05) is 28.6 Å². The van der Waals surface area contributed by atoms with Crippen molar-refractivity contribution in [2.24, 2.45) is 0 Å². The second-order valence-corrected chi connectivity index (χ2v) is 5.68. The summed E-state index contributed by atoms with van der Waals surface area (Å²) >= 11 is 0. The fourth-order valence-electron chi connectivity index (χ4n) is 3.13. The van der Waals surface area contributed by atoms with Gasteiger partial charge in [0.25, 0.3) is 5.69 Å². The van der Waals surface area contributed by atoms with E-state index in [0.717, 1.165) is 5.56 Å². The van der Waals surface area contributed by atoms with Gasteiger partial charge in [-0.3, -0.25) is 10.1 Å². The van der Waals surface area contributed by atoms with Gasteiger partial charge in [-0.05, 0) is 12.5 Å². The van der Waals surface area contributed by atoms with Crippen LogP contribution < -0.4 is 0 Å². The van der Waals surface area contributed by atoms with Crippen LogP contribution in [0.2, 0.25) is 0 Å². The van der Waals surface area contributed by atoms with E-state index < -0.39 is 10.9 Å². The molecule has 0 bridgehead atoms. The Morgan fingerprint density at radius 2 is 2.08 bits per heavy atom. The molecule has 0 spiro atoms. The Balaban J connectivity index is 2.19. The van der Waals surface area contributed by atoms with Crippen LogP contribution in [-0.4, -0.2) is 32.7 Å². The maximum absolute atomic E-state index is 12.5. The van der Waals surface area contributed by atoms with Crippen LogP contribution in [0.1, 0.15) is 17.4 Å². The predicted molar refractivity (Wildman–Crippen MR) is 96.0 cm³/mol. The summed E-state index contributed by atoms with van der Waals surface area (Å²) in [6.45, 7) is 1.88. The zero-order valence-corrected chi connectivity index (χ0v) is 13.8. The predicted octanol–water partition coefficient (Wildman–Crippen LogP) is 3.80. The standard InChI is InChI=1S/C18H14N4O4/c1-2-26-18(23)17-13(10-6-4-3-5-7-10)14-15-11(9-19-21-15)8-12(22(24)25)16(14)20-17/h3-9,19,21H,2H2,1H3. The Kier molecular flexibility index (Phi) is 3.65. The number of hydrogen-bond donors (Lipinski definition) is 2. The Hall–Kier alpha value is -3.68. The fraction of sp³-hybridized carbons (Fsp3) is 0.111. The summed E-state index contributed by atoms with van der Waals surface area (Å²) in [6, 6.07) is 10.6. The second-order valence-electron chi connectivity index (χ2n) is 5.68. The summed E-state index contributed by atoms with van der Waals surface area (Å²) in [5.74, 6) is -0.611. The minimum Gasteiger partial charge on any atom is -0.461 e. The normalized spacial score (nSPS) is 11.1. The molecule has 0 saturated heterocycles. The van der Waals surface area contributed by atoms with E-state index >= 15 is 0 Å². The third kappa shape index (κ3) is 2.31. The molecule has 0 aliphatic rings. The number of carbonyl (C=O) groups excluding carboxylic acids is 1. The molecular weight excluding hydrogens is 336 g/mol. The van der Waals surface area contributed by atoms with Crippen LogP contribution in [0.15, 0.2) is 42.6 Å². The van der Waals surface area contributed by atoms with Crippen molar-refractivity contribution in [1.82, 2.24) is 15.2 Å². The molecule has 2 aromatic carbocycles. The van der Waals surface area contributed by atoms with Crippen molar-refractivity contribution < 1.29 is 14.5 Å². The number of benzene rings is 2. The number of nitrogens with one attached hydrogen (secondary N) is 2. The molecule has 0 aliphatic heterocycles. The van der Waals surface area contributed by atoms with E-state index in [1.807, 2.05) is 30.3 Å². The van der Waals surface area contributed by atoms with E-state index in [2.05, 4.69) is 15.2 Å². The quantitative estimate of drug-likeness (QED) is 0.330. The zero-order valence-electron chi connectivity index (χ0n) is 13.8. The molecule has 4 aromatic rings. The van der Waals surface area contributed by atoms with Crippen molar-refractivity contribution in [3.05, 3.63) is 58.4 Å². The topological polar surface area (TPSA) is 114 Å². The summed E-state index contributed by atoms with van der Waals surface area (Å²) in [7, 11) is 0. The van der Waals surface area contributed by atoms with Gasteiger partial charge < -0.3 is 14.9 Å². The molecule has 130 valence electrons. The lowest BCUT2D eigenvalue weighted by Gasteiger charge is -2.05. The van der Waals surface area contributed by atoms with Crippen molar-refractivity contribution in [3.8, 4) is 11.1 Å². The minimum atomic E-state index is -0.611. The van der Waals surface area contributed by atoms with E-state index in [1.54, 1.807) is 13.1 Å². The molecule has 0 unspecified atom stereocenters. The molecule has 0 atom stereocenters. The Bertz CT molecular complexity index is 1140. The van der Waals surface area contributed by atoms with Crippen LogP contribution in [0.25, 0.3) is 32.9 Å². The van der Waals surface area contributed by atoms with E-state index in [-0.39, 0.29) is 23.5 Å². The molecule has 26 heavy (non-hydrogen) atoms. The third-order valence-corrected chi connectivity index (χ3v) is 4.17. The van der Waals surface area contributed by atoms with Crippen LogP contribution >= 0.6 is 0 Å². The van der Waals surface area contributed by atoms with Gasteiger partial charge in [0.15, 0.2) is 11.2 Å². The number of non-ortho nitro benzene ring substituents is 1.